The summed E-state index contributed by atoms with van der Waals surface area (Å²) in [5.41, 5.74) is 0. The maximum absolute atomic E-state index is 12.1. The van der Waals surface area contributed by atoms with E-state index in [9.17, 15) is 9.59 Å². The van der Waals surface area contributed by atoms with E-state index in [0.29, 0.717) is 35.5 Å². The summed E-state index contributed by atoms with van der Waals surface area (Å²) in [6.45, 7) is 13.6. The number of carbonyl (C=O) groups is 2. The molecule has 21 heavy (non-hydrogen) atoms. The molecule has 118 valence electrons. The number of hydrogen-bond acceptors (Lipinski definition) is 2. The number of hydrogen-bond donors (Lipinski definition) is 0. The highest BCUT2D eigenvalue weighted by Gasteiger charge is 2.51. The lowest BCUT2D eigenvalue weighted by molar-refractivity contribution is -0.141. The van der Waals surface area contributed by atoms with Crippen molar-refractivity contribution in [2.45, 2.75) is 54.0 Å². The Bertz CT molecular complexity index is 432. The molecule has 0 spiro atoms. The molecule has 4 atom stereocenters. The molecule has 1 heterocycles. The Balaban J connectivity index is 2.36. The molecular formula is C18H29NO2. The minimum absolute atomic E-state index is 0.0693. The Labute approximate surface area is 128 Å². The number of amides is 2. The van der Waals surface area contributed by atoms with E-state index in [0.717, 1.165) is 6.42 Å². The third kappa shape index (κ3) is 2.79. The topological polar surface area (TPSA) is 37.4 Å². The molecule has 1 aliphatic carbocycles. The molecule has 0 saturated heterocycles. The molecule has 0 N–H and O–H groups in total. The molecule has 1 fully saturated rings. The monoisotopic (exact) mass is 291 g/mol. The van der Waals surface area contributed by atoms with Crippen molar-refractivity contribution in [1.29, 1.82) is 0 Å². The lowest BCUT2D eigenvalue weighted by Crippen LogP contribution is -2.45. The van der Waals surface area contributed by atoms with Gasteiger partial charge in [0.15, 0.2) is 0 Å². The summed E-state index contributed by atoms with van der Waals surface area (Å²) in [4.78, 5) is 25.8. The normalized spacial score (nSPS) is 33.3. The highest BCUT2D eigenvalue weighted by Crippen LogP contribution is 2.50. The Morgan fingerprint density at radius 3 is 1.71 bits per heavy atom. The molecular weight excluding hydrogens is 262 g/mol. The van der Waals surface area contributed by atoms with Crippen molar-refractivity contribution in [2.24, 2.45) is 35.5 Å². The average Bonchev–Trinajstić information content (AvgIpc) is 2.90. The zero-order valence-electron chi connectivity index (χ0n) is 14.2. The van der Waals surface area contributed by atoms with Crippen molar-refractivity contribution >= 4 is 11.8 Å². The first-order valence-electron chi connectivity index (χ1n) is 8.30. The zero-order chi connectivity index (χ0) is 15.9. The zero-order valence-corrected chi connectivity index (χ0v) is 14.2. The SMILES string of the molecule is CC(C)C1C[C@H](N2C(=O)C=CC2=O)[C@@H](C(C)C)[C@H]1C(C)C. The van der Waals surface area contributed by atoms with Gasteiger partial charge in [-0.1, -0.05) is 41.5 Å². The molecule has 2 aliphatic rings. The molecule has 3 nitrogen and oxygen atoms in total. The second-order valence-corrected chi connectivity index (χ2v) is 7.73. The summed E-state index contributed by atoms with van der Waals surface area (Å²) in [5, 5.41) is 0. The van der Waals surface area contributed by atoms with Crippen LogP contribution in [0.2, 0.25) is 0 Å². The Morgan fingerprint density at radius 2 is 1.33 bits per heavy atom. The lowest BCUT2D eigenvalue weighted by atomic mass is 9.72. The minimum atomic E-state index is -0.123. The van der Waals surface area contributed by atoms with Gasteiger partial charge in [-0.25, -0.2) is 0 Å². The maximum Gasteiger partial charge on any atom is 0.253 e. The highest BCUT2D eigenvalue weighted by molar-refractivity contribution is 6.13. The predicted octanol–water partition coefficient (Wildman–Crippen LogP) is 3.50. The molecule has 0 aromatic carbocycles. The fraction of sp³-hybridized carbons (Fsp3) is 0.778. The standard InChI is InChI=1S/C18H29NO2/c1-10(2)13-9-14(19-15(20)7-8-16(19)21)18(12(5)6)17(13)11(3)4/h7-8,10-14,17-18H,9H2,1-6H3/t13?,14-,17-,18+/m0/s1. The molecule has 0 aromatic heterocycles. The summed E-state index contributed by atoms with van der Waals surface area (Å²) >= 11 is 0. The van der Waals surface area contributed by atoms with E-state index in [4.69, 9.17) is 0 Å². The average molecular weight is 291 g/mol. The van der Waals surface area contributed by atoms with E-state index in [-0.39, 0.29) is 17.9 Å². The van der Waals surface area contributed by atoms with E-state index in [1.807, 2.05) is 0 Å². The summed E-state index contributed by atoms with van der Waals surface area (Å²) < 4.78 is 0. The third-order valence-corrected chi connectivity index (χ3v) is 5.47. The molecule has 2 rings (SSSR count). The van der Waals surface area contributed by atoms with Gasteiger partial charge in [0.2, 0.25) is 0 Å². The van der Waals surface area contributed by atoms with Gasteiger partial charge in [-0.3, -0.25) is 14.5 Å². The molecule has 1 saturated carbocycles. The summed E-state index contributed by atoms with van der Waals surface area (Å²) in [6.07, 6.45) is 3.81. The number of imide groups is 1. The maximum atomic E-state index is 12.1. The van der Waals surface area contributed by atoms with Crippen LogP contribution in [0.25, 0.3) is 0 Å². The van der Waals surface area contributed by atoms with Crippen LogP contribution in [-0.2, 0) is 9.59 Å². The quantitative estimate of drug-likeness (QED) is 0.743. The molecule has 1 aliphatic heterocycles. The van der Waals surface area contributed by atoms with E-state index in [1.165, 1.54) is 17.1 Å². The van der Waals surface area contributed by atoms with Gasteiger partial charge < -0.3 is 0 Å². The van der Waals surface area contributed by atoms with Crippen molar-refractivity contribution in [3.63, 3.8) is 0 Å². The van der Waals surface area contributed by atoms with Crippen LogP contribution in [-0.4, -0.2) is 22.8 Å². The van der Waals surface area contributed by atoms with Gasteiger partial charge in [0, 0.05) is 18.2 Å². The van der Waals surface area contributed by atoms with Crippen LogP contribution in [0.4, 0.5) is 0 Å². The van der Waals surface area contributed by atoms with Gasteiger partial charge in [0.25, 0.3) is 11.8 Å². The summed E-state index contributed by atoms with van der Waals surface area (Å²) in [5.74, 6) is 2.97. The van der Waals surface area contributed by atoms with Crippen LogP contribution >= 0.6 is 0 Å². The van der Waals surface area contributed by atoms with Gasteiger partial charge in [-0.05, 0) is 41.9 Å². The van der Waals surface area contributed by atoms with Gasteiger partial charge in [0.05, 0.1) is 0 Å². The molecule has 1 unspecified atom stereocenters. The van der Waals surface area contributed by atoms with E-state index < -0.39 is 0 Å². The van der Waals surface area contributed by atoms with Crippen LogP contribution in [0.5, 0.6) is 0 Å². The van der Waals surface area contributed by atoms with Gasteiger partial charge >= 0.3 is 0 Å². The minimum Gasteiger partial charge on any atom is -0.272 e. The molecule has 0 bridgehead atoms. The van der Waals surface area contributed by atoms with Gasteiger partial charge in [0.1, 0.15) is 0 Å². The van der Waals surface area contributed by atoms with Gasteiger partial charge in [-0.15, -0.1) is 0 Å². The fourth-order valence-corrected chi connectivity index (χ4v) is 4.70. The first-order valence-corrected chi connectivity index (χ1v) is 8.30. The van der Waals surface area contributed by atoms with Gasteiger partial charge in [-0.2, -0.15) is 0 Å². The van der Waals surface area contributed by atoms with Crippen LogP contribution < -0.4 is 0 Å². The lowest BCUT2D eigenvalue weighted by Gasteiger charge is -2.36. The van der Waals surface area contributed by atoms with Crippen molar-refractivity contribution in [1.82, 2.24) is 4.90 Å². The smallest absolute Gasteiger partial charge is 0.253 e. The van der Waals surface area contributed by atoms with E-state index in [1.54, 1.807) is 0 Å². The molecule has 0 radical (unpaired) electrons. The third-order valence-electron chi connectivity index (χ3n) is 5.47. The second kappa shape index (κ2) is 5.94. The first kappa shape index (κ1) is 16.3. The Morgan fingerprint density at radius 1 is 0.857 bits per heavy atom. The van der Waals surface area contributed by atoms with Crippen LogP contribution in [0.3, 0.4) is 0 Å². The predicted molar refractivity (Wildman–Crippen MR) is 84.4 cm³/mol. The van der Waals surface area contributed by atoms with Crippen LogP contribution in [0, 0.1) is 35.5 Å². The largest absolute Gasteiger partial charge is 0.272 e. The summed E-state index contributed by atoms with van der Waals surface area (Å²) in [7, 11) is 0. The first-order chi connectivity index (χ1) is 9.75. The highest BCUT2D eigenvalue weighted by atomic mass is 16.2. The molecule has 0 aromatic rings. The number of carbonyl (C=O) groups excluding carboxylic acids is 2. The Kier molecular flexibility index (Phi) is 4.60. The van der Waals surface area contributed by atoms with Crippen molar-refractivity contribution in [3.05, 3.63) is 12.2 Å². The summed E-state index contributed by atoms with van der Waals surface area (Å²) in [6, 6.07) is 0.0693. The number of rotatable bonds is 4. The van der Waals surface area contributed by atoms with Crippen molar-refractivity contribution < 1.29 is 9.59 Å². The van der Waals surface area contributed by atoms with Crippen molar-refractivity contribution in [2.75, 3.05) is 0 Å². The Hall–Kier alpha value is -1.12. The second-order valence-electron chi connectivity index (χ2n) is 7.73. The van der Waals surface area contributed by atoms with E-state index in [2.05, 4.69) is 41.5 Å². The number of nitrogens with zero attached hydrogens (tertiary/aromatic N) is 1. The van der Waals surface area contributed by atoms with Crippen LogP contribution in [0.15, 0.2) is 12.2 Å². The van der Waals surface area contributed by atoms with Crippen molar-refractivity contribution in [3.8, 4) is 0 Å². The fourth-order valence-electron chi connectivity index (χ4n) is 4.70. The molecule has 3 heteroatoms. The molecule has 2 amide bonds. The van der Waals surface area contributed by atoms with E-state index >= 15 is 0 Å². The van der Waals surface area contributed by atoms with Crippen LogP contribution in [0.1, 0.15) is 48.0 Å².